The number of amides is 1. The highest BCUT2D eigenvalue weighted by Gasteiger charge is 2.37. The van der Waals surface area contributed by atoms with Gasteiger partial charge < -0.3 is 9.64 Å². The summed E-state index contributed by atoms with van der Waals surface area (Å²) < 4.78 is 5.48. The fraction of sp³-hybridized carbons (Fsp3) is 0.900. The number of ether oxygens (including phenoxy) is 1. The molecule has 1 saturated heterocycles. The van der Waals surface area contributed by atoms with E-state index in [1.54, 1.807) is 0 Å². The Morgan fingerprint density at radius 1 is 1.38 bits per heavy atom. The molecule has 0 aromatic heterocycles. The smallest absolute Gasteiger partial charge is 0.226 e. The molecule has 0 spiro atoms. The van der Waals surface area contributed by atoms with Gasteiger partial charge in [0.15, 0.2) is 0 Å². The van der Waals surface area contributed by atoms with Crippen molar-refractivity contribution in [2.45, 2.75) is 38.8 Å². The third-order valence-electron chi connectivity index (χ3n) is 3.09. The second-order valence-corrected chi connectivity index (χ2v) is 4.12. The lowest BCUT2D eigenvalue weighted by molar-refractivity contribution is -0.145. The summed E-state index contributed by atoms with van der Waals surface area (Å²) in [6, 6.07) is 0.252. The SMILES string of the molecule is CC1OCCN(C(=O)C2CC2)C1C. The molecule has 1 aliphatic carbocycles. The molecule has 0 N–H and O–H groups in total. The number of hydrogen-bond acceptors (Lipinski definition) is 2. The van der Waals surface area contributed by atoms with Crippen LogP contribution in [-0.4, -0.2) is 36.1 Å². The van der Waals surface area contributed by atoms with Crippen LogP contribution in [0.15, 0.2) is 0 Å². The van der Waals surface area contributed by atoms with Crippen LogP contribution in [0.1, 0.15) is 26.7 Å². The van der Waals surface area contributed by atoms with Crippen molar-refractivity contribution in [3.05, 3.63) is 0 Å². The number of morpholine rings is 1. The number of carbonyl (C=O) groups is 1. The molecule has 13 heavy (non-hydrogen) atoms. The summed E-state index contributed by atoms with van der Waals surface area (Å²) in [4.78, 5) is 13.8. The molecule has 3 nitrogen and oxygen atoms in total. The highest BCUT2D eigenvalue weighted by molar-refractivity contribution is 5.81. The molecule has 2 rings (SSSR count). The normalized spacial score (nSPS) is 34.8. The van der Waals surface area contributed by atoms with Crippen LogP contribution in [0.2, 0.25) is 0 Å². The summed E-state index contributed by atoms with van der Waals surface area (Å²) >= 11 is 0. The number of rotatable bonds is 1. The largest absolute Gasteiger partial charge is 0.375 e. The van der Waals surface area contributed by atoms with Gasteiger partial charge in [-0.2, -0.15) is 0 Å². The number of carbonyl (C=O) groups excluding carboxylic acids is 1. The van der Waals surface area contributed by atoms with E-state index in [0.29, 0.717) is 18.4 Å². The van der Waals surface area contributed by atoms with Gasteiger partial charge >= 0.3 is 0 Å². The van der Waals surface area contributed by atoms with E-state index in [1.165, 1.54) is 0 Å². The minimum absolute atomic E-state index is 0.191. The zero-order chi connectivity index (χ0) is 9.42. The van der Waals surface area contributed by atoms with Crippen molar-refractivity contribution in [2.24, 2.45) is 5.92 Å². The van der Waals surface area contributed by atoms with Crippen molar-refractivity contribution in [3.63, 3.8) is 0 Å². The van der Waals surface area contributed by atoms with Gasteiger partial charge in [-0.05, 0) is 26.7 Å². The molecule has 74 valence electrons. The van der Waals surface area contributed by atoms with Crippen molar-refractivity contribution in [1.29, 1.82) is 0 Å². The van der Waals surface area contributed by atoms with Gasteiger partial charge in [0.2, 0.25) is 5.91 Å². The maximum absolute atomic E-state index is 11.8. The topological polar surface area (TPSA) is 29.5 Å². The summed E-state index contributed by atoms with van der Waals surface area (Å²) in [6.45, 7) is 5.59. The zero-order valence-electron chi connectivity index (χ0n) is 8.32. The molecular formula is C10H17NO2. The third-order valence-corrected chi connectivity index (χ3v) is 3.09. The standard InChI is InChI=1S/C10H17NO2/c1-7-8(2)13-6-5-11(7)10(12)9-3-4-9/h7-9H,3-6H2,1-2H3. The summed E-state index contributed by atoms with van der Waals surface area (Å²) in [5, 5.41) is 0. The zero-order valence-corrected chi connectivity index (χ0v) is 8.32. The Hall–Kier alpha value is -0.570. The molecule has 1 heterocycles. The van der Waals surface area contributed by atoms with Gasteiger partial charge in [-0.15, -0.1) is 0 Å². The van der Waals surface area contributed by atoms with Crippen LogP contribution in [0.5, 0.6) is 0 Å². The lowest BCUT2D eigenvalue weighted by atomic mass is 10.1. The third kappa shape index (κ3) is 1.70. The second-order valence-electron chi connectivity index (χ2n) is 4.12. The Morgan fingerprint density at radius 3 is 2.69 bits per heavy atom. The first-order chi connectivity index (χ1) is 6.20. The van der Waals surface area contributed by atoms with Crippen LogP contribution < -0.4 is 0 Å². The molecule has 2 atom stereocenters. The van der Waals surface area contributed by atoms with E-state index in [4.69, 9.17) is 4.74 Å². The molecule has 0 bridgehead atoms. The van der Waals surface area contributed by atoms with E-state index in [-0.39, 0.29) is 12.1 Å². The van der Waals surface area contributed by atoms with Gasteiger partial charge in [-0.1, -0.05) is 0 Å². The van der Waals surface area contributed by atoms with Crippen molar-refractivity contribution in [3.8, 4) is 0 Å². The molecular weight excluding hydrogens is 166 g/mol. The highest BCUT2D eigenvalue weighted by atomic mass is 16.5. The lowest BCUT2D eigenvalue weighted by Crippen LogP contribution is -2.51. The minimum atomic E-state index is 0.191. The van der Waals surface area contributed by atoms with E-state index in [9.17, 15) is 4.79 Å². The predicted molar refractivity (Wildman–Crippen MR) is 49.3 cm³/mol. The van der Waals surface area contributed by atoms with E-state index >= 15 is 0 Å². The first-order valence-electron chi connectivity index (χ1n) is 5.12. The van der Waals surface area contributed by atoms with E-state index in [0.717, 1.165) is 19.4 Å². The van der Waals surface area contributed by atoms with Gasteiger partial charge in [-0.25, -0.2) is 0 Å². The van der Waals surface area contributed by atoms with E-state index in [2.05, 4.69) is 6.92 Å². The fourth-order valence-electron chi connectivity index (χ4n) is 1.81. The van der Waals surface area contributed by atoms with E-state index in [1.807, 2.05) is 11.8 Å². The predicted octanol–water partition coefficient (Wildman–Crippen LogP) is 1.03. The summed E-state index contributed by atoms with van der Waals surface area (Å²) in [5.41, 5.74) is 0. The molecule has 0 aromatic carbocycles. The van der Waals surface area contributed by atoms with Crippen molar-refractivity contribution in [2.75, 3.05) is 13.2 Å². The second kappa shape index (κ2) is 3.29. The van der Waals surface area contributed by atoms with Crippen molar-refractivity contribution in [1.82, 2.24) is 4.90 Å². The lowest BCUT2D eigenvalue weighted by Gasteiger charge is -2.38. The molecule has 0 aromatic rings. The summed E-state index contributed by atoms with van der Waals surface area (Å²) in [6.07, 6.45) is 2.38. The van der Waals surface area contributed by atoms with Crippen molar-refractivity contribution < 1.29 is 9.53 Å². The van der Waals surface area contributed by atoms with Crippen LogP contribution in [-0.2, 0) is 9.53 Å². The van der Waals surface area contributed by atoms with Crippen LogP contribution in [0.25, 0.3) is 0 Å². The molecule has 0 radical (unpaired) electrons. The van der Waals surface area contributed by atoms with Crippen LogP contribution in [0.3, 0.4) is 0 Å². The Balaban J connectivity index is 1.99. The summed E-state index contributed by atoms with van der Waals surface area (Å²) in [7, 11) is 0. The summed E-state index contributed by atoms with van der Waals surface area (Å²) in [5.74, 6) is 0.690. The van der Waals surface area contributed by atoms with Gasteiger partial charge in [0, 0.05) is 12.5 Å². The quantitative estimate of drug-likeness (QED) is 0.607. The number of hydrogen-bond donors (Lipinski definition) is 0. The Kier molecular flexibility index (Phi) is 2.28. The van der Waals surface area contributed by atoms with Gasteiger partial charge in [0.25, 0.3) is 0 Å². The molecule has 2 aliphatic rings. The van der Waals surface area contributed by atoms with Crippen molar-refractivity contribution >= 4 is 5.91 Å². The molecule has 1 saturated carbocycles. The van der Waals surface area contributed by atoms with Crippen LogP contribution >= 0.6 is 0 Å². The van der Waals surface area contributed by atoms with Gasteiger partial charge in [-0.3, -0.25) is 4.79 Å². The first-order valence-corrected chi connectivity index (χ1v) is 5.12. The number of nitrogens with zero attached hydrogens (tertiary/aromatic N) is 1. The highest BCUT2D eigenvalue weighted by Crippen LogP contribution is 2.32. The molecule has 1 amide bonds. The molecule has 3 heteroatoms. The van der Waals surface area contributed by atoms with Gasteiger partial charge in [0.05, 0.1) is 18.8 Å². The minimum Gasteiger partial charge on any atom is -0.375 e. The molecule has 2 fully saturated rings. The van der Waals surface area contributed by atoms with Crippen LogP contribution in [0, 0.1) is 5.92 Å². The molecule has 1 aliphatic heterocycles. The maximum Gasteiger partial charge on any atom is 0.226 e. The average Bonchev–Trinajstić information content (AvgIpc) is 2.91. The van der Waals surface area contributed by atoms with E-state index < -0.39 is 0 Å². The molecule has 2 unspecified atom stereocenters. The Morgan fingerprint density at radius 2 is 2.08 bits per heavy atom. The monoisotopic (exact) mass is 183 g/mol. The maximum atomic E-state index is 11.8. The average molecular weight is 183 g/mol. The van der Waals surface area contributed by atoms with Gasteiger partial charge in [0.1, 0.15) is 0 Å². The first kappa shape index (κ1) is 9.00. The van der Waals surface area contributed by atoms with Crippen LogP contribution in [0.4, 0.5) is 0 Å². The Labute approximate surface area is 79.0 Å². The fourth-order valence-corrected chi connectivity index (χ4v) is 1.81. The Bertz CT molecular complexity index is 213.